The smallest absolute Gasteiger partial charge is 0.235 e. The topological polar surface area (TPSA) is 72.2 Å². The fourth-order valence-electron chi connectivity index (χ4n) is 0.815. The minimum Gasteiger partial charge on any atom is -0.358 e. The van der Waals surface area contributed by atoms with Crippen molar-refractivity contribution in [2.24, 2.45) is 11.7 Å². The van der Waals surface area contributed by atoms with Crippen LogP contribution in [-0.2, 0) is 15.6 Å². The number of carbonyl (C=O) groups excluding carboxylic acids is 1. The number of carbonyl (C=O) groups is 1. The maximum Gasteiger partial charge on any atom is 0.235 e. The zero-order valence-electron chi connectivity index (χ0n) is 8.37. The summed E-state index contributed by atoms with van der Waals surface area (Å²) in [6.45, 7) is 4.10. The summed E-state index contributed by atoms with van der Waals surface area (Å²) in [5, 5.41) is 2.03. The van der Waals surface area contributed by atoms with Gasteiger partial charge in [-0.2, -0.15) is 0 Å². The molecular formula is C8H18N2O2S. The van der Waals surface area contributed by atoms with Crippen molar-refractivity contribution in [2.45, 2.75) is 19.1 Å². The zero-order chi connectivity index (χ0) is 10.4. The van der Waals surface area contributed by atoms with E-state index in [9.17, 15) is 9.00 Å². The first-order valence-electron chi connectivity index (χ1n) is 4.31. The Hall–Kier alpha value is -0.420. The van der Waals surface area contributed by atoms with Gasteiger partial charge in [-0.1, -0.05) is 6.92 Å². The van der Waals surface area contributed by atoms with Crippen LogP contribution >= 0.6 is 0 Å². The highest BCUT2D eigenvalue weighted by atomic mass is 32.2. The normalized spacial score (nSPS) is 17.5. The van der Waals surface area contributed by atoms with Gasteiger partial charge in [0, 0.05) is 23.6 Å². The number of nitrogens with one attached hydrogen (secondary N) is 1. The van der Waals surface area contributed by atoms with Crippen molar-refractivity contribution < 1.29 is 9.00 Å². The lowest BCUT2D eigenvalue weighted by atomic mass is 10.2. The van der Waals surface area contributed by atoms with E-state index in [0.29, 0.717) is 12.3 Å². The van der Waals surface area contributed by atoms with Gasteiger partial charge in [0.05, 0.1) is 0 Å². The molecule has 0 aromatic rings. The molecule has 1 amide bonds. The quantitative estimate of drug-likeness (QED) is 0.635. The van der Waals surface area contributed by atoms with Gasteiger partial charge in [-0.3, -0.25) is 9.00 Å². The van der Waals surface area contributed by atoms with E-state index in [1.165, 1.54) is 0 Å². The van der Waals surface area contributed by atoms with E-state index in [1.54, 1.807) is 14.0 Å². The van der Waals surface area contributed by atoms with E-state index in [0.717, 1.165) is 0 Å². The van der Waals surface area contributed by atoms with E-state index in [4.69, 9.17) is 5.73 Å². The van der Waals surface area contributed by atoms with Crippen molar-refractivity contribution >= 4 is 16.7 Å². The summed E-state index contributed by atoms with van der Waals surface area (Å²) in [5.74, 6) is 0.515. The minimum atomic E-state index is -1.12. The first-order chi connectivity index (χ1) is 6.02. The molecule has 0 spiro atoms. The van der Waals surface area contributed by atoms with Crippen LogP contribution in [0.5, 0.6) is 0 Å². The van der Waals surface area contributed by atoms with E-state index in [2.05, 4.69) is 5.32 Å². The molecule has 4 nitrogen and oxygen atoms in total. The van der Waals surface area contributed by atoms with Gasteiger partial charge in [0.2, 0.25) is 5.91 Å². The van der Waals surface area contributed by atoms with Crippen molar-refractivity contribution in [2.75, 3.05) is 19.3 Å². The molecule has 3 atom stereocenters. The van der Waals surface area contributed by atoms with Crippen molar-refractivity contribution in [3.05, 3.63) is 0 Å². The predicted octanol–water partition coefficient (Wildman–Crippen LogP) is -0.536. The molecule has 0 saturated heterocycles. The van der Waals surface area contributed by atoms with Crippen molar-refractivity contribution in [1.29, 1.82) is 0 Å². The van der Waals surface area contributed by atoms with Gasteiger partial charge in [-0.25, -0.2) is 0 Å². The Morgan fingerprint density at radius 1 is 1.54 bits per heavy atom. The van der Waals surface area contributed by atoms with E-state index in [1.807, 2.05) is 6.92 Å². The number of amides is 1. The molecule has 0 aliphatic carbocycles. The van der Waals surface area contributed by atoms with Gasteiger partial charge in [0.15, 0.2) is 0 Å². The molecule has 0 aliphatic heterocycles. The molecule has 3 N–H and O–H groups in total. The molecule has 0 heterocycles. The van der Waals surface area contributed by atoms with Crippen LogP contribution in [0, 0.1) is 5.92 Å². The lowest BCUT2D eigenvalue weighted by Crippen LogP contribution is -2.35. The first-order valence-corrected chi connectivity index (χ1v) is 5.70. The van der Waals surface area contributed by atoms with Gasteiger partial charge < -0.3 is 11.1 Å². The molecule has 0 radical (unpaired) electrons. The van der Waals surface area contributed by atoms with E-state index < -0.39 is 16.0 Å². The van der Waals surface area contributed by atoms with E-state index >= 15 is 0 Å². The Bertz CT molecular complexity index is 197. The van der Waals surface area contributed by atoms with Gasteiger partial charge in [-0.15, -0.1) is 0 Å². The number of hydrogen-bond donors (Lipinski definition) is 2. The van der Waals surface area contributed by atoms with Gasteiger partial charge in [-0.05, 0) is 19.4 Å². The average molecular weight is 206 g/mol. The maximum absolute atomic E-state index is 11.5. The Morgan fingerprint density at radius 2 is 2.08 bits per heavy atom. The summed E-state index contributed by atoms with van der Waals surface area (Å²) in [4.78, 5) is 11.1. The second-order valence-electron chi connectivity index (χ2n) is 3.14. The van der Waals surface area contributed by atoms with Gasteiger partial charge in [0.1, 0.15) is 5.25 Å². The second kappa shape index (κ2) is 6.10. The summed E-state index contributed by atoms with van der Waals surface area (Å²) >= 11 is 0. The Labute approximate surface area is 81.7 Å². The standard InChI is InChI=1S/C8H18N2O2S/c1-6(4-9)5-13(12)7(2)8(11)10-3/h6-7H,4-5,9H2,1-3H3,(H,10,11). The minimum absolute atomic E-state index is 0.178. The molecule has 0 aromatic heterocycles. The van der Waals surface area contributed by atoms with Crippen LogP contribution in [0.25, 0.3) is 0 Å². The lowest BCUT2D eigenvalue weighted by molar-refractivity contribution is -0.119. The molecule has 5 heteroatoms. The largest absolute Gasteiger partial charge is 0.358 e. The van der Waals surface area contributed by atoms with Gasteiger partial charge in [0.25, 0.3) is 0 Å². The monoisotopic (exact) mass is 206 g/mol. The fraction of sp³-hybridized carbons (Fsp3) is 0.875. The molecule has 78 valence electrons. The number of hydrogen-bond acceptors (Lipinski definition) is 3. The third-order valence-electron chi connectivity index (χ3n) is 1.86. The molecule has 0 aromatic carbocycles. The van der Waals surface area contributed by atoms with Crippen LogP contribution < -0.4 is 11.1 Å². The second-order valence-corrected chi connectivity index (χ2v) is 4.95. The first kappa shape index (κ1) is 12.6. The summed E-state index contributed by atoms with van der Waals surface area (Å²) in [6.07, 6.45) is 0. The third-order valence-corrected chi connectivity index (χ3v) is 3.76. The van der Waals surface area contributed by atoms with Crippen LogP contribution in [0.15, 0.2) is 0 Å². The van der Waals surface area contributed by atoms with Crippen LogP contribution in [0.1, 0.15) is 13.8 Å². The molecule has 13 heavy (non-hydrogen) atoms. The van der Waals surface area contributed by atoms with Crippen molar-refractivity contribution in [1.82, 2.24) is 5.32 Å². The van der Waals surface area contributed by atoms with Crippen LogP contribution in [-0.4, -0.2) is 34.7 Å². The molecule has 3 unspecified atom stereocenters. The molecule has 0 saturated carbocycles. The number of nitrogens with two attached hydrogens (primary N) is 1. The van der Waals surface area contributed by atoms with Crippen LogP contribution in [0.2, 0.25) is 0 Å². The molecule has 0 fully saturated rings. The van der Waals surface area contributed by atoms with Gasteiger partial charge >= 0.3 is 0 Å². The summed E-state index contributed by atoms with van der Waals surface area (Å²) in [5.41, 5.74) is 5.39. The Kier molecular flexibility index (Phi) is 5.90. The highest BCUT2D eigenvalue weighted by Crippen LogP contribution is 2.02. The highest BCUT2D eigenvalue weighted by molar-refractivity contribution is 7.86. The van der Waals surface area contributed by atoms with E-state index in [-0.39, 0.29) is 11.8 Å². The Balaban J connectivity index is 4.03. The summed E-state index contributed by atoms with van der Waals surface area (Å²) in [7, 11) is 0.427. The number of rotatable bonds is 5. The molecular weight excluding hydrogens is 188 g/mol. The Morgan fingerprint density at radius 3 is 2.46 bits per heavy atom. The maximum atomic E-state index is 11.5. The molecule has 0 aliphatic rings. The molecule has 0 rings (SSSR count). The van der Waals surface area contributed by atoms with Crippen LogP contribution in [0.3, 0.4) is 0 Å². The average Bonchev–Trinajstić information content (AvgIpc) is 2.14. The highest BCUT2D eigenvalue weighted by Gasteiger charge is 2.19. The van der Waals surface area contributed by atoms with Crippen molar-refractivity contribution in [3.63, 3.8) is 0 Å². The fourth-order valence-corrected chi connectivity index (χ4v) is 2.16. The van der Waals surface area contributed by atoms with Crippen molar-refractivity contribution in [3.8, 4) is 0 Å². The zero-order valence-corrected chi connectivity index (χ0v) is 9.19. The lowest BCUT2D eigenvalue weighted by Gasteiger charge is -2.12. The molecule has 0 bridgehead atoms. The summed E-state index contributed by atoms with van der Waals surface area (Å²) in [6, 6.07) is 0. The van der Waals surface area contributed by atoms with Crippen LogP contribution in [0.4, 0.5) is 0 Å². The predicted molar refractivity (Wildman–Crippen MR) is 54.8 cm³/mol. The summed E-state index contributed by atoms with van der Waals surface area (Å²) < 4.78 is 11.5. The third kappa shape index (κ3) is 4.38. The SMILES string of the molecule is CNC(=O)C(C)S(=O)CC(C)CN.